The maximum Gasteiger partial charge on any atom is 0.308 e. The van der Waals surface area contributed by atoms with Gasteiger partial charge in [0.25, 0.3) is 0 Å². The molecule has 9 heteroatoms. The highest BCUT2D eigenvalue weighted by molar-refractivity contribution is 5.75. The average molecular weight is 487 g/mol. The third kappa shape index (κ3) is 5.15. The van der Waals surface area contributed by atoms with Gasteiger partial charge in [0.1, 0.15) is 17.4 Å². The first-order chi connectivity index (χ1) is 17.4. The highest BCUT2D eigenvalue weighted by atomic mass is 16.5. The Kier molecular flexibility index (Phi) is 6.54. The van der Waals surface area contributed by atoms with Crippen molar-refractivity contribution >= 4 is 23.1 Å². The van der Waals surface area contributed by atoms with Crippen molar-refractivity contribution in [3.63, 3.8) is 0 Å². The Morgan fingerprint density at radius 3 is 2.56 bits per heavy atom. The summed E-state index contributed by atoms with van der Waals surface area (Å²) >= 11 is 0. The molecule has 4 heterocycles. The van der Waals surface area contributed by atoms with Crippen molar-refractivity contribution < 1.29 is 14.3 Å². The lowest BCUT2D eigenvalue weighted by Crippen LogP contribution is -2.28. The van der Waals surface area contributed by atoms with E-state index >= 15 is 0 Å². The molecular weight excluding hydrogens is 456 g/mol. The molecule has 1 fully saturated rings. The van der Waals surface area contributed by atoms with Gasteiger partial charge in [0.2, 0.25) is 0 Å². The first-order valence-corrected chi connectivity index (χ1v) is 12.2. The van der Waals surface area contributed by atoms with E-state index in [0.717, 1.165) is 59.5 Å². The number of aryl methyl sites for hydroxylation is 3. The number of methoxy groups -OCH3 is 1. The summed E-state index contributed by atoms with van der Waals surface area (Å²) in [6, 6.07) is 10.0. The normalized spacial score (nSPS) is 17.7. The lowest BCUT2D eigenvalue weighted by atomic mass is 9.87. The molecule has 0 aliphatic heterocycles. The van der Waals surface area contributed by atoms with Crippen LogP contribution < -0.4 is 10.1 Å². The number of hydrogen-bond donors (Lipinski definition) is 1. The quantitative estimate of drug-likeness (QED) is 0.381. The van der Waals surface area contributed by atoms with E-state index in [1.54, 1.807) is 6.20 Å². The van der Waals surface area contributed by atoms with Crippen LogP contribution in [0.2, 0.25) is 0 Å². The third-order valence-corrected chi connectivity index (χ3v) is 6.50. The van der Waals surface area contributed by atoms with Crippen LogP contribution in [0.4, 0.5) is 11.6 Å². The molecule has 0 saturated heterocycles. The Morgan fingerprint density at radius 2 is 1.81 bits per heavy atom. The molecule has 0 aromatic carbocycles. The van der Waals surface area contributed by atoms with Crippen LogP contribution in [0, 0.1) is 26.7 Å². The number of esters is 1. The summed E-state index contributed by atoms with van der Waals surface area (Å²) in [5, 5.41) is 7.90. The first-order valence-electron chi connectivity index (χ1n) is 12.2. The largest absolute Gasteiger partial charge is 0.488 e. The fraction of sp³-hybridized carbons (Fsp3) is 0.370. The number of carbonyl (C=O) groups excluding carboxylic acids is 1. The monoisotopic (exact) mass is 486 g/mol. The summed E-state index contributed by atoms with van der Waals surface area (Å²) in [5.41, 5.74) is 4.76. The number of rotatable bonds is 6. The number of fused-ring (bicyclic) bond motifs is 1. The summed E-state index contributed by atoms with van der Waals surface area (Å²) < 4.78 is 13.1. The zero-order chi connectivity index (χ0) is 25.2. The number of nitrogens with one attached hydrogen (secondary N) is 1. The van der Waals surface area contributed by atoms with Crippen molar-refractivity contribution in [1.82, 2.24) is 24.6 Å². The third-order valence-electron chi connectivity index (χ3n) is 6.50. The minimum absolute atomic E-state index is 0.0345. The second-order valence-electron chi connectivity index (χ2n) is 9.32. The van der Waals surface area contributed by atoms with Crippen molar-refractivity contribution in [2.24, 2.45) is 5.92 Å². The molecule has 9 nitrogen and oxygen atoms in total. The summed E-state index contributed by atoms with van der Waals surface area (Å²) in [7, 11) is 1.45. The highest BCUT2D eigenvalue weighted by Crippen LogP contribution is 2.35. The number of carbonyl (C=O) groups is 1. The van der Waals surface area contributed by atoms with Gasteiger partial charge < -0.3 is 14.8 Å². The van der Waals surface area contributed by atoms with Gasteiger partial charge in [-0.15, -0.1) is 0 Å². The van der Waals surface area contributed by atoms with E-state index in [0.29, 0.717) is 17.5 Å². The lowest BCUT2D eigenvalue weighted by Gasteiger charge is -2.28. The predicted octanol–water partition coefficient (Wildman–Crippen LogP) is 4.97. The van der Waals surface area contributed by atoms with E-state index in [9.17, 15) is 4.79 Å². The fourth-order valence-electron chi connectivity index (χ4n) is 4.76. The summed E-state index contributed by atoms with van der Waals surface area (Å²) in [5.74, 6) is 2.71. The molecule has 0 bridgehead atoms. The van der Waals surface area contributed by atoms with Gasteiger partial charge in [-0.1, -0.05) is 0 Å². The van der Waals surface area contributed by atoms with Gasteiger partial charge in [-0.3, -0.25) is 9.78 Å². The number of pyridine rings is 2. The zero-order valence-corrected chi connectivity index (χ0v) is 21.0. The molecule has 1 N–H and O–H groups in total. The molecule has 1 aliphatic rings. The molecule has 186 valence electrons. The van der Waals surface area contributed by atoms with E-state index in [-0.39, 0.29) is 18.0 Å². The van der Waals surface area contributed by atoms with Gasteiger partial charge in [-0.05, 0) is 70.2 Å². The Hall–Kier alpha value is -4.01. The van der Waals surface area contributed by atoms with Crippen LogP contribution in [-0.4, -0.2) is 43.7 Å². The molecule has 4 aromatic rings. The smallest absolute Gasteiger partial charge is 0.308 e. The SMILES string of the molecule is COC(=O)C1CCC(Oc2cnc(C)cc2-c2ccn3nc(Nc4cc(C)nc(C)n4)cc3c2)CC1. The number of hydrogen-bond acceptors (Lipinski definition) is 8. The van der Waals surface area contributed by atoms with Crippen LogP contribution >= 0.6 is 0 Å². The van der Waals surface area contributed by atoms with E-state index in [2.05, 4.69) is 31.4 Å². The summed E-state index contributed by atoms with van der Waals surface area (Å²) in [6.07, 6.45) is 6.95. The molecule has 0 radical (unpaired) electrons. The van der Waals surface area contributed by atoms with E-state index in [4.69, 9.17) is 9.47 Å². The Labute approximate surface area is 209 Å². The molecule has 1 saturated carbocycles. The molecule has 36 heavy (non-hydrogen) atoms. The fourth-order valence-corrected chi connectivity index (χ4v) is 4.76. The van der Waals surface area contributed by atoms with Crippen LogP contribution in [0.5, 0.6) is 5.75 Å². The maximum atomic E-state index is 11.9. The number of nitrogens with zero attached hydrogens (tertiary/aromatic N) is 5. The Bertz CT molecular complexity index is 1390. The Balaban J connectivity index is 1.37. The van der Waals surface area contributed by atoms with Gasteiger partial charge in [0, 0.05) is 35.3 Å². The number of aromatic nitrogens is 5. The van der Waals surface area contributed by atoms with Crippen molar-refractivity contribution in [1.29, 1.82) is 0 Å². The maximum absolute atomic E-state index is 11.9. The molecule has 5 rings (SSSR count). The minimum Gasteiger partial charge on any atom is -0.488 e. The van der Waals surface area contributed by atoms with Crippen LogP contribution in [0.3, 0.4) is 0 Å². The topological polar surface area (TPSA) is 104 Å². The van der Waals surface area contributed by atoms with Gasteiger partial charge in [-0.25, -0.2) is 14.5 Å². The van der Waals surface area contributed by atoms with Crippen molar-refractivity contribution in [2.45, 2.75) is 52.6 Å². The summed E-state index contributed by atoms with van der Waals surface area (Å²) in [4.78, 5) is 25.1. The lowest BCUT2D eigenvalue weighted by molar-refractivity contribution is -0.147. The highest BCUT2D eigenvalue weighted by Gasteiger charge is 2.28. The molecule has 0 unspecified atom stereocenters. The van der Waals surface area contributed by atoms with E-state index in [1.807, 2.05) is 55.7 Å². The molecular formula is C27H30N6O3. The average Bonchev–Trinajstić information content (AvgIpc) is 3.25. The van der Waals surface area contributed by atoms with Gasteiger partial charge >= 0.3 is 5.97 Å². The second-order valence-corrected chi connectivity index (χ2v) is 9.32. The van der Waals surface area contributed by atoms with Crippen LogP contribution in [0.15, 0.2) is 42.7 Å². The van der Waals surface area contributed by atoms with Crippen molar-refractivity contribution in [3.05, 3.63) is 59.9 Å². The molecule has 4 aromatic heterocycles. The Morgan fingerprint density at radius 1 is 1.00 bits per heavy atom. The van der Waals surface area contributed by atoms with Gasteiger partial charge in [0.05, 0.1) is 30.8 Å². The molecule has 1 aliphatic carbocycles. The molecule has 0 spiro atoms. The number of anilines is 2. The number of ether oxygens (including phenoxy) is 2. The van der Waals surface area contributed by atoms with Crippen LogP contribution in [-0.2, 0) is 9.53 Å². The van der Waals surface area contributed by atoms with Gasteiger partial charge in [-0.2, -0.15) is 5.10 Å². The molecule has 0 atom stereocenters. The van der Waals surface area contributed by atoms with Crippen LogP contribution in [0.25, 0.3) is 16.6 Å². The standard InChI is InChI=1S/C27H30N6O3/c1-16-11-23(24(15-28-16)36-22-7-5-19(6-8-22)27(34)35-4)20-9-10-33-21(13-20)14-26(32-33)31-25-12-17(2)29-18(3)30-25/h9-15,19,22H,5-8H2,1-4H3,(H,29,30,31,32). The molecule has 0 amide bonds. The van der Waals surface area contributed by atoms with E-state index < -0.39 is 0 Å². The van der Waals surface area contributed by atoms with Crippen LogP contribution in [0.1, 0.15) is 42.9 Å². The first kappa shape index (κ1) is 23.7. The van der Waals surface area contributed by atoms with Crippen molar-refractivity contribution in [3.8, 4) is 16.9 Å². The zero-order valence-electron chi connectivity index (χ0n) is 21.0. The van der Waals surface area contributed by atoms with Crippen molar-refractivity contribution in [2.75, 3.05) is 12.4 Å². The van der Waals surface area contributed by atoms with Gasteiger partial charge in [0.15, 0.2) is 5.82 Å². The predicted molar refractivity (Wildman–Crippen MR) is 136 cm³/mol. The minimum atomic E-state index is -0.126. The summed E-state index contributed by atoms with van der Waals surface area (Å²) in [6.45, 7) is 5.78. The van der Waals surface area contributed by atoms with E-state index in [1.165, 1.54) is 7.11 Å². The second kappa shape index (κ2) is 9.93.